The maximum Gasteiger partial charge on any atom is 0.337 e. The molecule has 1 aliphatic rings. The summed E-state index contributed by atoms with van der Waals surface area (Å²) in [6, 6.07) is 13.0. The van der Waals surface area contributed by atoms with E-state index in [2.05, 4.69) is 4.74 Å². The lowest BCUT2D eigenvalue weighted by Crippen LogP contribution is -2.52. The molecule has 0 N–H and O–H groups in total. The Kier molecular flexibility index (Phi) is 5.96. The molecule has 0 unspecified atom stereocenters. The van der Waals surface area contributed by atoms with E-state index in [-0.39, 0.29) is 12.2 Å². The molecule has 4 amide bonds. The van der Waals surface area contributed by atoms with E-state index >= 15 is 0 Å². The van der Waals surface area contributed by atoms with Gasteiger partial charge in [-0.05, 0) is 29.8 Å². The summed E-state index contributed by atoms with van der Waals surface area (Å²) in [4.78, 5) is 50.0. The molecular weight excluding hydrogens is 388 g/mol. The van der Waals surface area contributed by atoms with Gasteiger partial charge in [-0.2, -0.15) is 0 Å². The molecule has 3 rings (SSSR count). The van der Waals surface area contributed by atoms with Crippen molar-refractivity contribution in [2.75, 3.05) is 21.2 Å². The Balaban J connectivity index is 1.82. The summed E-state index contributed by atoms with van der Waals surface area (Å²) in [5, 5.41) is 0. The maximum atomic E-state index is 12.4. The van der Waals surface area contributed by atoms with Crippen LogP contribution in [0.15, 0.2) is 54.1 Å². The van der Waals surface area contributed by atoms with Crippen LogP contribution in [0.1, 0.15) is 21.5 Å². The van der Waals surface area contributed by atoms with Gasteiger partial charge in [0.2, 0.25) is 0 Å². The van der Waals surface area contributed by atoms with Gasteiger partial charge < -0.3 is 9.47 Å². The third kappa shape index (κ3) is 4.07. The third-order valence-corrected chi connectivity index (χ3v) is 4.63. The Morgan fingerprint density at radius 1 is 0.933 bits per heavy atom. The Labute approximate surface area is 173 Å². The lowest BCUT2D eigenvalue weighted by atomic mass is 10.1. The molecule has 0 aliphatic carbocycles. The smallest absolute Gasteiger partial charge is 0.337 e. The highest BCUT2D eigenvalue weighted by atomic mass is 16.5. The molecule has 8 nitrogen and oxygen atoms in total. The zero-order valence-corrected chi connectivity index (χ0v) is 16.7. The number of hydrogen-bond acceptors (Lipinski definition) is 6. The van der Waals surface area contributed by atoms with E-state index in [1.165, 1.54) is 27.3 Å². The van der Waals surface area contributed by atoms with Gasteiger partial charge in [0.1, 0.15) is 17.9 Å². The quantitative estimate of drug-likeness (QED) is 0.429. The molecule has 1 saturated heterocycles. The minimum atomic E-state index is -0.679. The van der Waals surface area contributed by atoms with E-state index < -0.39 is 23.8 Å². The first-order valence-electron chi connectivity index (χ1n) is 9.04. The highest BCUT2D eigenvalue weighted by molar-refractivity contribution is 6.30. The molecule has 30 heavy (non-hydrogen) atoms. The van der Waals surface area contributed by atoms with E-state index in [0.717, 1.165) is 15.4 Å². The Morgan fingerprint density at radius 3 is 2.13 bits per heavy atom. The second-order valence-electron chi connectivity index (χ2n) is 6.58. The van der Waals surface area contributed by atoms with E-state index in [4.69, 9.17) is 4.74 Å². The Bertz CT molecular complexity index is 1020. The molecule has 154 valence electrons. The standard InChI is InChI=1S/C22H20N2O6/c1-23-19(25)17(20(26)24(2)22(23)28)12-16-6-4-5-7-18(16)30-13-14-8-10-15(11-9-14)21(27)29-3/h4-12H,13H2,1-3H3. The molecule has 0 atom stereocenters. The van der Waals surface area contributed by atoms with Gasteiger partial charge in [-0.3, -0.25) is 19.4 Å². The summed E-state index contributed by atoms with van der Waals surface area (Å²) < 4.78 is 10.5. The Morgan fingerprint density at radius 2 is 1.53 bits per heavy atom. The summed E-state index contributed by atoms with van der Waals surface area (Å²) in [5.41, 5.74) is 1.65. The molecule has 1 fully saturated rings. The van der Waals surface area contributed by atoms with E-state index in [0.29, 0.717) is 16.9 Å². The van der Waals surface area contributed by atoms with E-state index in [1.54, 1.807) is 48.5 Å². The fourth-order valence-corrected chi connectivity index (χ4v) is 2.88. The van der Waals surface area contributed by atoms with Crippen molar-refractivity contribution in [2.24, 2.45) is 0 Å². The van der Waals surface area contributed by atoms with Crippen LogP contribution in [0.2, 0.25) is 0 Å². The lowest BCUT2D eigenvalue weighted by Gasteiger charge is -2.29. The van der Waals surface area contributed by atoms with Gasteiger partial charge >= 0.3 is 12.0 Å². The van der Waals surface area contributed by atoms with Crippen molar-refractivity contribution < 1.29 is 28.7 Å². The molecule has 2 aromatic rings. The predicted molar refractivity (Wildman–Crippen MR) is 107 cm³/mol. The summed E-state index contributed by atoms with van der Waals surface area (Å²) in [5.74, 6) is -1.30. The normalized spacial score (nSPS) is 14.1. The molecule has 0 bridgehead atoms. The number of barbiturate groups is 1. The van der Waals surface area contributed by atoms with Gasteiger partial charge in [0.15, 0.2) is 0 Å². The number of benzene rings is 2. The number of methoxy groups -OCH3 is 1. The van der Waals surface area contributed by atoms with E-state index in [1.807, 2.05) is 0 Å². The first-order valence-corrected chi connectivity index (χ1v) is 9.04. The average Bonchev–Trinajstić information content (AvgIpc) is 2.78. The van der Waals surface area contributed by atoms with Crippen molar-refractivity contribution in [1.82, 2.24) is 9.80 Å². The minimum absolute atomic E-state index is 0.127. The number of carbonyl (C=O) groups excluding carboxylic acids is 4. The number of likely N-dealkylation sites (N-methyl/N-ethyl adjacent to an activating group) is 2. The number of imide groups is 2. The van der Waals surface area contributed by atoms with E-state index in [9.17, 15) is 19.2 Å². The molecular formula is C22H20N2O6. The first-order chi connectivity index (χ1) is 14.3. The highest BCUT2D eigenvalue weighted by Crippen LogP contribution is 2.25. The van der Waals surface area contributed by atoms with Gasteiger partial charge in [-0.15, -0.1) is 0 Å². The number of rotatable bonds is 5. The lowest BCUT2D eigenvalue weighted by molar-refractivity contribution is -0.134. The van der Waals surface area contributed by atoms with Crippen LogP contribution in [-0.4, -0.2) is 54.8 Å². The van der Waals surface area contributed by atoms with Crippen LogP contribution in [-0.2, 0) is 20.9 Å². The third-order valence-electron chi connectivity index (χ3n) is 4.63. The van der Waals surface area contributed by atoms with Crippen LogP contribution in [0.4, 0.5) is 4.79 Å². The SMILES string of the molecule is COC(=O)c1ccc(COc2ccccc2C=C2C(=O)N(C)C(=O)N(C)C2=O)cc1. The van der Waals surface area contributed by atoms with Gasteiger partial charge in [-0.25, -0.2) is 9.59 Å². The summed E-state index contributed by atoms with van der Waals surface area (Å²) in [7, 11) is 3.96. The maximum absolute atomic E-state index is 12.4. The monoisotopic (exact) mass is 408 g/mol. The number of hydrogen-bond donors (Lipinski definition) is 0. The second kappa shape index (κ2) is 8.60. The van der Waals surface area contributed by atoms with Crippen LogP contribution >= 0.6 is 0 Å². The van der Waals surface area contributed by atoms with Crippen molar-refractivity contribution >= 4 is 29.9 Å². The zero-order valence-electron chi connectivity index (χ0n) is 16.7. The summed E-state index contributed by atoms with van der Waals surface area (Å²) in [6.07, 6.45) is 1.42. The largest absolute Gasteiger partial charge is 0.488 e. The van der Waals surface area contributed by atoms with Crippen LogP contribution < -0.4 is 4.74 Å². The number of ether oxygens (including phenoxy) is 2. The zero-order chi connectivity index (χ0) is 21.8. The van der Waals surface area contributed by atoms with Crippen LogP contribution in [0, 0.1) is 0 Å². The molecule has 1 heterocycles. The van der Waals surface area contributed by atoms with Crippen LogP contribution in [0.5, 0.6) is 5.75 Å². The number of para-hydroxylation sites is 1. The van der Waals surface area contributed by atoms with Crippen molar-refractivity contribution in [3.8, 4) is 5.75 Å². The molecule has 0 radical (unpaired) electrons. The number of carbonyl (C=O) groups is 4. The van der Waals surface area contributed by atoms with Crippen molar-refractivity contribution in [2.45, 2.75) is 6.61 Å². The number of urea groups is 1. The fourth-order valence-electron chi connectivity index (χ4n) is 2.88. The summed E-state index contributed by atoms with van der Waals surface area (Å²) >= 11 is 0. The number of nitrogens with zero attached hydrogens (tertiary/aromatic N) is 2. The fraction of sp³-hybridized carbons (Fsp3) is 0.182. The van der Waals surface area contributed by atoms with Crippen molar-refractivity contribution in [3.05, 3.63) is 70.8 Å². The first kappa shape index (κ1) is 20.8. The van der Waals surface area contributed by atoms with Crippen molar-refractivity contribution in [1.29, 1.82) is 0 Å². The van der Waals surface area contributed by atoms with Gasteiger partial charge in [0, 0.05) is 19.7 Å². The molecule has 8 heteroatoms. The Hall–Kier alpha value is -3.94. The molecule has 0 aromatic heterocycles. The molecule has 2 aromatic carbocycles. The van der Waals surface area contributed by atoms with Crippen molar-refractivity contribution in [3.63, 3.8) is 0 Å². The van der Waals surface area contributed by atoms with Gasteiger partial charge in [0.05, 0.1) is 12.7 Å². The highest BCUT2D eigenvalue weighted by Gasteiger charge is 2.37. The van der Waals surface area contributed by atoms with Gasteiger partial charge in [-0.1, -0.05) is 30.3 Å². The van der Waals surface area contributed by atoms with Crippen LogP contribution in [0.25, 0.3) is 6.08 Å². The van der Waals surface area contributed by atoms with Gasteiger partial charge in [0.25, 0.3) is 11.8 Å². The second-order valence-corrected chi connectivity index (χ2v) is 6.58. The number of esters is 1. The topological polar surface area (TPSA) is 93.2 Å². The molecule has 1 aliphatic heterocycles. The predicted octanol–water partition coefficient (Wildman–Crippen LogP) is 2.49. The number of amides is 4. The molecule has 0 spiro atoms. The van der Waals surface area contributed by atoms with Crippen LogP contribution in [0.3, 0.4) is 0 Å². The molecule has 0 saturated carbocycles. The minimum Gasteiger partial charge on any atom is -0.488 e. The summed E-state index contributed by atoms with van der Waals surface area (Å²) in [6.45, 7) is 0.210. The average molecular weight is 408 g/mol.